The molecule has 0 saturated heterocycles. The third-order valence-corrected chi connectivity index (χ3v) is 10.3. The SMILES string of the molecule is CCS(=O)(=O)NC(=O)c1ccc2c(c1)N(C[C@H]1[C@H]([C@H](/C=C/CC(C)C)OC)C[C@H]1C)CCCCc1cc(Cl)ccc1CO2. The number of fused-ring (bicyclic) bond motifs is 2. The first-order valence-corrected chi connectivity index (χ1v) is 17.6. The van der Waals surface area contributed by atoms with Crippen LogP contribution in [0.3, 0.4) is 0 Å². The van der Waals surface area contributed by atoms with E-state index >= 15 is 0 Å². The number of allylic oxidation sites excluding steroid dienone is 1. The first-order valence-electron chi connectivity index (χ1n) is 15.5. The molecule has 1 fully saturated rings. The van der Waals surface area contributed by atoms with E-state index in [1.807, 2.05) is 18.2 Å². The predicted molar refractivity (Wildman–Crippen MR) is 174 cm³/mol. The number of ether oxygens (including phenoxy) is 2. The quantitative estimate of drug-likeness (QED) is 0.284. The molecule has 0 aromatic heterocycles. The van der Waals surface area contributed by atoms with Crippen molar-refractivity contribution in [2.45, 2.75) is 72.5 Å². The van der Waals surface area contributed by atoms with Crippen LogP contribution in [-0.4, -0.2) is 46.4 Å². The maximum absolute atomic E-state index is 13.0. The lowest BCUT2D eigenvalue weighted by molar-refractivity contribution is -0.0227. The molecule has 2 aliphatic rings. The normalized spacial score (nSPS) is 21.7. The van der Waals surface area contributed by atoms with Gasteiger partial charge >= 0.3 is 0 Å². The van der Waals surface area contributed by atoms with Gasteiger partial charge in [-0.15, -0.1) is 0 Å². The molecule has 0 radical (unpaired) electrons. The molecule has 2 aromatic carbocycles. The molecule has 236 valence electrons. The molecule has 2 aromatic rings. The van der Waals surface area contributed by atoms with Crippen molar-refractivity contribution < 1.29 is 22.7 Å². The summed E-state index contributed by atoms with van der Waals surface area (Å²) in [6.07, 6.45) is 9.48. The standard InChI is InChI=1S/C34H47ClN2O5S/c1-6-43(39,40)36-34(38)26-14-16-33-31(20-26)37(17-8-7-11-25-19-28(35)15-13-27(25)22-42-33)21-30-24(4)18-29(30)32(41-5)12-9-10-23(2)3/h9,12-16,19-20,23-24,29-30,32H,6-8,10-11,17-18,21-22H2,1-5H3,(H,36,38)/b12-9+/t24-,29-,30-,32+/m1/s1. The molecule has 1 aliphatic carbocycles. The number of aryl methyl sites for hydroxylation is 1. The van der Waals surface area contributed by atoms with E-state index in [1.54, 1.807) is 25.3 Å². The second-order valence-electron chi connectivity index (χ2n) is 12.4. The lowest BCUT2D eigenvalue weighted by atomic mass is 9.63. The van der Waals surface area contributed by atoms with Crippen LogP contribution in [0.25, 0.3) is 0 Å². The number of benzene rings is 2. The van der Waals surface area contributed by atoms with Crippen LogP contribution in [0.5, 0.6) is 5.75 Å². The van der Waals surface area contributed by atoms with Crippen molar-refractivity contribution in [2.24, 2.45) is 23.7 Å². The van der Waals surface area contributed by atoms with Crippen LogP contribution in [-0.2, 0) is 27.8 Å². The fraction of sp³-hybridized carbons (Fsp3) is 0.559. The maximum Gasteiger partial charge on any atom is 0.264 e. The van der Waals surface area contributed by atoms with Crippen LogP contribution in [0.1, 0.15) is 74.9 Å². The number of amides is 1. The van der Waals surface area contributed by atoms with Gasteiger partial charge in [0.25, 0.3) is 5.91 Å². The number of methoxy groups -OCH3 is 1. The van der Waals surface area contributed by atoms with E-state index in [2.05, 4.69) is 42.5 Å². The van der Waals surface area contributed by atoms with E-state index in [0.717, 1.165) is 56.4 Å². The highest BCUT2D eigenvalue weighted by molar-refractivity contribution is 7.90. The zero-order valence-corrected chi connectivity index (χ0v) is 27.7. The van der Waals surface area contributed by atoms with Crippen molar-refractivity contribution in [1.82, 2.24) is 4.72 Å². The van der Waals surface area contributed by atoms with Crippen LogP contribution in [0.2, 0.25) is 5.02 Å². The minimum absolute atomic E-state index is 0.0511. The summed E-state index contributed by atoms with van der Waals surface area (Å²) < 4.78 is 38.9. The largest absolute Gasteiger partial charge is 0.487 e. The third kappa shape index (κ3) is 8.77. The molecule has 9 heteroatoms. The Morgan fingerprint density at radius 2 is 1.98 bits per heavy atom. The van der Waals surface area contributed by atoms with Gasteiger partial charge in [-0.1, -0.05) is 50.6 Å². The fourth-order valence-electron chi connectivity index (χ4n) is 6.19. The second kappa shape index (κ2) is 15.0. The van der Waals surface area contributed by atoms with Crippen LogP contribution >= 0.6 is 11.6 Å². The topological polar surface area (TPSA) is 84.9 Å². The molecular formula is C34H47ClN2O5S. The fourth-order valence-corrected chi connectivity index (χ4v) is 6.92. The second-order valence-corrected chi connectivity index (χ2v) is 14.9. The van der Waals surface area contributed by atoms with Gasteiger partial charge in [-0.3, -0.25) is 4.79 Å². The Labute approximate surface area is 263 Å². The number of nitrogens with one attached hydrogen (secondary N) is 1. The number of hydrogen-bond acceptors (Lipinski definition) is 6. The lowest BCUT2D eigenvalue weighted by Gasteiger charge is -2.48. The van der Waals surface area contributed by atoms with Gasteiger partial charge in [0.05, 0.1) is 17.5 Å². The Hall–Kier alpha value is -2.55. The highest BCUT2D eigenvalue weighted by atomic mass is 35.5. The van der Waals surface area contributed by atoms with Crippen LogP contribution in [0.15, 0.2) is 48.6 Å². The molecule has 4 atom stereocenters. The molecule has 43 heavy (non-hydrogen) atoms. The first kappa shape index (κ1) is 33.3. The number of sulfonamides is 1. The molecule has 1 amide bonds. The predicted octanol–water partition coefficient (Wildman–Crippen LogP) is 7.03. The van der Waals surface area contributed by atoms with E-state index in [9.17, 15) is 13.2 Å². The third-order valence-electron chi connectivity index (χ3n) is 8.85. The van der Waals surface area contributed by atoms with Crippen molar-refractivity contribution in [3.63, 3.8) is 0 Å². The van der Waals surface area contributed by atoms with Crippen molar-refractivity contribution >= 4 is 33.2 Å². The number of rotatable bonds is 10. The minimum Gasteiger partial charge on any atom is -0.487 e. The van der Waals surface area contributed by atoms with Gasteiger partial charge in [-0.2, -0.15) is 0 Å². The summed E-state index contributed by atoms with van der Waals surface area (Å²) in [5, 5.41) is 0.716. The molecule has 1 aliphatic heterocycles. The molecule has 0 unspecified atom stereocenters. The molecule has 1 saturated carbocycles. The molecule has 0 bridgehead atoms. The Kier molecular flexibility index (Phi) is 11.6. The van der Waals surface area contributed by atoms with Gasteiger partial charge in [0.2, 0.25) is 10.0 Å². The summed E-state index contributed by atoms with van der Waals surface area (Å²) in [5.41, 5.74) is 3.37. The Morgan fingerprint density at radius 3 is 2.67 bits per heavy atom. The van der Waals surface area contributed by atoms with E-state index in [1.165, 1.54) is 12.5 Å². The number of anilines is 1. The number of hydrogen-bond donors (Lipinski definition) is 1. The highest BCUT2D eigenvalue weighted by Crippen LogP contribution is 2.45. The summed E-state index contributed by atoms with van der Waals surface area (Å²) >= 11 is 6.33. The number of carbonyl (C=O) groups excluding carboxylic acids is 1. The van der Waals surface area contributed by atoms with Crippen molar-refractivity contribution in [2.75, 3.05) is 30.9 Å². The molecule has 0 spiro atoms. The summed E-state index contributed by atoms with van der Waals surface area (Å²) in [6, 6.07) is 11.1. The smallest absolute Gasteiger partial charge is 0.264 e. The van der Waals surface area contributed by atoms with Crippen LogP contribution in [0, 0.1) is 23.7 Å². The summed E-state index contributed by atoms with van der Waals surface area (Å²) in [6.45, 7) is 10.2. The Morgan fingerprint density at radius 1 is 1.19 bits per heavy atom. The monoisotopic (exact) mass is 630 g/mol. The van der Waals surface area contributed by atoms with Gasteiger partial charge in [0.1, 0.15) is 12.4 Å². The van der Waals surface area contributed by atoms with E-state index in [0.29, 0.717) is 41.1 Å². The summed E-state index contributed by atoms with van der Waals surface area (Å²) in [4.78, 5) is 15.4. The number of nitrogens with zero attached hydrogens (tertiary/aromatic N) is 1. The van der Waals surface area contributed by atoms with Gasteiger partial charge in [0.15, 0.2) is 0 Å². The number of carbonyl (C=O) groups is 1. The molecule has 7 nitrogen and oxygen atoms in total. The van der Waals surface area contributed by atoms with Crippen LogP contribution < -0.4 is 14.4 Å². The van der Waals surface area contributed by atoms with Crippen molar-refractivity contribution in [1.29, 1.82) is 0 Å². The lowest BCUT2D eigenvalue weighted by Crippen LogP contribution is -2.48. The van der Waals surface area contributed by atoms with Gasteiger partial charge in [-0.25, -0.2) is 13.1 Å². The van der Waals surface area contributed by atoms with Gasteiger partial charge < -0.3 is 14.4 Å². The summed E-state index contributed by atoms with van der Waals surface area (Å²) in [5.74, 6) is 1.76. The van der Waals surface area contributed by atoms with E-state index < -0.39 is 15.9 Å². The van der Waals surface area contributed by atoms with Crippen molar-refractivity contribution in [3.8, 4) is 5.75 Å². The van der Waals surface area contributed by atoms with Crippen LogP contribution in [0.4, 0.5) is 5.69 Å². The molecular weight excluding hydrogens is 584 g/mol. The summed E-state index contributed by atoms with van der Waals surface area (Å²) in [7, 11) is -1.91. The molecule has 1 N–H and O–H groups in total. The zero-order chi connectivity index (χ0) is 31.1. The van der Waals surface area contributed by atoms with Gasteiger partial charge in [-0.05, 0) is 104 Å². The Bertz CT molecular complexity index is 1390. The first-order chi connectivity index (χ1) is 20.5. The zero-order valence-electron chi connectivity index (χ0n) is 26.1. The highest BCUT2D eigenvalue weighted by Gasteiger charge is 2.43. The Balaban J connectivity index is 1.67. The van der Waals surface area contributed by atoms with Gasteiger partial charge in [0, 0.05) is 30.8 Å². The number of halogens is 1. The average molecular weight is 631 g/mol. The van der Waals surface area contributed by atoms with E-state index in [-0.39, 0.29) is 17.4 Å². The molecule has 1 heterocycles. The minimum atomic E-state index is -3.70. The maximum atomic E-state index is 13.0. The molecule has 4 rings (SSSR count). The van der Waals surface area contributed by atoms with Crippen molar-refractivity contribution in [3.05, 3.63) is 70.3 Å². The average Bonchev–Trinajstić information content (AvgIpc) is 3.00. The van der Waals surface area contributed by atoms with E-state index in [4.69, 9.17) is 21.1 Å².